The first-order chi connectivity index (χ1) is 15.8. The van der Waals surface area contributed by atoms with Crippen molar-refractivity contribution in [3.05, 3.63) is 70.5 Å². The minimum absolute atomic E-state index is 0.0968. The van der Waals surface area contributed by atoms with Gasteiger partial charge in [0.05, 0.1) is 18.4 Å². The maximum Gasteiger partial charge on any atom is 0.318 e. The summed E-state index contributed by atoms with van der Waals surface area (Å²) in [6.07, 6.45) is 0.298. The van der Waals surface area contributed by atoms with Gasteiger partial charge in [0.15, 0.2) is 0 Å². The van der Waals surface area contributed by atoms with Gasteiger partial charge in [-0.05, 0) is 26.0 Å². The first kappa shape index (κ1) is 24.7. The molecule has 0 aromatic heterocycles. The van der Waals surface area contributed by atoms with Crippen LogP contribution in [0.1, 0.15) is 37.4 Å². The van der Waals surface area contributed by atoms with Gasteiger partial charge in [0, 0.05) is 42.3 Å². The minimum Gasteiger partial charge on any atom is -0.383 e. The number of benzene rings is 2. The molecule has 176 valence electrons. The molecule has 1 aliphatic heterocycles. The van der Waals surface area contributed by atoms with Crippen molar-refractivity contribution < 1.29 is 18.7 Å². The molecule has 0 aliphatic carbocycles. The molecule has 7 nitrogen and oxygen atoms in total. The van der Waals surface area contributed by atoms with Crippen LogP contribution in [-0.2, 0) is 9.53 Å². The fourth-order valence-corrected chi connectivity index (χ4v) is 3.86. The molecule has 0 bridgehead atoms. The Morgan fingerprint density at radius 2 is 1.94 bits per heavy atom. The molecule has 0 saturated heterocycles. The Balaban J connectivity index is 1.92. The number of hydrogen-bond acceptors (Lipinski definition) is 4. The Labute approximate surface area is 198 Å². The highest BCUT2D eigenvalue weighted by atomic mass is 35.5. The van der Waals surface area contributed by atoms with Gasteiger partial charge in [-0.1, -0.05) is 48.0 Å². The van der Waals surface area contributed by atoms with E-state index in [0.717, 1.165) is 0 Å². The molecular formula is C24H28ClFN4O3. The van der Waals surface area contributed by atoms with Gasteiger partial charge in [0.25, 0.3) is 5.91 Å². The Hall–Kier alpha value is -2.97. The zero-order valence-corrected chi connectivity index (χ0v) is 19.7. The maximum atomic E-state index is 14.7. The van der Waals surface area contributed by atoms with Crippen molar-refractivity contribution in [2.75, 3.05) is 26.8 Å². The summed E-state index contributed by atoms with van der Waals surface area (Å²) in [5.74, 6) is -0.856. The molecule has 0 unspecified atom stereocenters. The van der Waals surface area contributed by atoms with E-state index in [-0.39, 0.29) is 31.8 Å². The van der Waals surface area contributed by atoms with Crippen molar-refractivity contribution in [3.63, 3.8) is 0 Å². The highest BCUT2D eigenvalue weighted by Crippen LogP contribution is 2.35. The summed E-state index contributed by atoms with van der Waals surface area (Å²) in [4.78, 5) is 27.4. The van der Waals surface area contributed by atoms with E-state index in [9.17, 15) is 14.0 Å². The smallest absolute Gasteiger partial charge is 0.318 e. The molecule has 9 heteroatoms. The molecule has 0 spiro atoms. The molecule has 2 aromatic rings. The topological polar surface area (TPSA) is 74.2 Å². The van der Waals surface area contributed by atoms with Crippen molar-refractivity contribution in [2.45, 2.75) is 32.4 Å². The third kappa shape index (κ3) is 6.09. The number of hydrogen-bond donors (Lipinski definition) is 1. The number of carbonyl (C=O) groups excluding carboxylic acids is 2. The fourth-order valence-electron chi connectivity index (χ4n) is 3.61. The Kier molecular flexibility index (Phi) is 8.41. The zero-order chi connectivity index (χ0) is 24.0. The molecule has 0 saturated carbocycles. The van der Waals surface area contributed by atoms with Gasteiger partial charge < -0.3 is 15.0 Å². The van der Waals surface area contributed by atoms with Gasteiger partial charge in [-0.25, -0.2) is 14.2 Å². The Morgan fingerprint density at radius 1 is 1.24 bits per heavy atom. The average Bonchev–Trinajstić information content (AvgIpc) is 3.21. The predicted octanol–water partition coefficient (Wildman–Crippen LogP) is 4.22. The third-order valence-corrected chi connectivity index (χ3v) is 5.54. The standard InChI is InChI=1S/C24H28ClFN4O3/c1-16(2)27-24(32)29(12-13-33-3)15-23(31)30-22(18-9-5-7-11-20(18)26)14-21(28-30)17-8-4-6-10-19(17)25/h4-11,16,22H,12-15H2,1-3H3,(H,27,32)/t22-/m1/s1. The molecule has 33 heavy (non-hydrogen) atoms. The quantitative estimate of drug-likeness (QED) is 0.622. The highest BCUT2D eigenvalue weighted by Gasteiger charge is 2.36. The number of nitrogens with zero attached hydrogens (tertiary/aromatic N) is 3. The molecule has 0 fully saturated rings. The lowest BCUT2D eigenvalue weighted by atomic mass is 9.98. The van der Waals surface area contributed by atoms with Crippen LogP contribution >= 0.6 is 11.6 Å². The minimum atomic E-state index is -0.651. The van der Waals surface area contributed by atoms with E-state index in [1.165, 1.54) is 23.1 Å². The summed E-state index contributed by atoms with van der Waals surface area (Å²) < 4.78 is 19.8. The van der Waals surface area contributed by atoms with E-state index >= 15 is 0 Å². The lowest BCUT2D eigenvalue weighted by molar-refractivity contribution is -0.133. The number of hydrazone groups is 1. The van der Waals surface area contributed by atoms with Crippen molar-refractivity contribution in [2.24, 2.45) is 5.10 Å². The second kappa shape index (κ2) is 11.2. The monoisotopic (exact) mass is 474 g/mol. The molecule has 1 heterocycles. The molecule has 1 atom stereocenters. The first-order valence-electron chi connectivity index (χ1n) is 10.7. The van der Waals surface area contributed by atoms with E-state index in [1.54, 1.807) is 30.3 Å². The lowest BCUT2D eigenvalue weighted by Crippen LogP contribution is -2.48. The largest absolute Gasteiger partial charge is 0.383 e. The summed E-state index contributed by atoms with van der Waals surface area (Å²) in [7, 11) is 1.52. The van der Waals surface area contributed by atoms with Gasteiger partial charge in [-0.15, -0.1) is 0 Å². The fraction of sp³-hybridized carbons (Fsp3) is 0.375. The van der Waals surface area contributed by atoms with Crippen molar-refractivity contribution >= 4 is 29.3 Å². The van der Waals surface area contributed by atoms with E-state index in [0.29, 0.717) is 28.3 Å². The highest BCUT2D eigenvalue weighted by molar-refractivity contribution is 6.34. The molecule has 3 rings (SSSR count). The van der Waals surface area contributed by atoms with Crippen LogP contribution in [0.25, 0.3) is 0 Å². The number of carbonyl (C=O) groups is 2. The van der Waals surface area contributed by atoms with Crippen molar-refractivity contribution in [1.29, 1.82) is 0 Å². The molecular weight excluding hydrogens is 447 g/mol. The van der Waals surface area contributed by atoms with Crippen LogP contribution in [-0.4, -0.2) is 60.4 Å². The molecule has 0 radical (unpaired) electrons. The van der Waals surface area contributed by atoms with Crippen molar-refractivity contribution in [3.8, 4) is 0 Å². The second-order valence-corrected chi connectivity index (χ2v) is 8.43. The van der Waals surface area contributed by atoms with E-state index in [1.807, 2.05) is 26.0 Å². The number of rotatable bonds is 8. The van der Waals surface area contributed by atoms with Crippen LogP contribution in [0, 0.1) is 5.82 Å². The maximum absolute atomic E-state index is 14.7. The van der Waals surface area contributed by atoms with Crippen LogP contribution in [0.15, 0.2) is 53.6 Å². The van der Waals surface area contributed by atoms with E-state index in [4.69, 9.17) is 16.3 Å². The van der Waals surface area contributed by atoms with Crippen LogP contribution in [0.4, 0.5) is 9.18 Å². The Bertz CT molecular complexity index is 1030. The molecule has 2 aromatic carbocycles. The van der Waals surface area contributed by atoms with Crippen molar-refractivity contribution in [1.82, 2.24) is 15.2 Å². The molecule has 3 amide bonds. The molecule has 1 aliphatic rings. The number of ether oxygens (including phenoxy) is 1. The summed E-state index contributed by atoms with van der Waals surface area (Å²) in [5.41, 5.74) is 1.62. The van der Waals surface area contributed by atoms with Crippen LogP contribution < -0.4 is 5.32 Å². The number of nitrogens with one attached hydrogen (secondary N) is 1. The summed E-state index contributed by atoms with van der Waals surface area (Å²) in [5, 5.41) is 9.08. The third-order valence-electron chi connectivity index (χ3n) is 5.21. The summed E-state index contributed by atoms with van der Waals surface area (Å²) in [6.45, 7) is 3.93. The van der Waals surface area contributed by atoms with Gasteiger partial charge in [0.1, 0.15) is 12.4 Å². The number of amides is 3. The number of urea groups is 1. The summed E-state index contributed by atoms with van der Waals surface area (Å²) >= 11 is 6.35. The van der Waals surface area contributed by atoms with Gasteiger partial charge in [-0.2, -0.15) is 5.10 Å². The van der Waals surface area contributed by atoms with Gasteiger partial charge in [0.2, 0.25) is 0 Å². The Morgan fingerprint density at radius 3 is 2.61 bits per heavy atom. The lowest BCUT2D eigenvalue weighted by Gasteiger charge is -2.27. The molecule has 1 N–H and O–H groups in total. The SMILES string of the molecule is COCCN(CC(=O)N1N=C(c2ccccc2Cl)C[C@@H]1c1ccccc1F)C(=O)NC(C)C. The van der Waals surface area contributed by atoms with E-state index in [2.05, 4.69) is 10.4 Å². The first-order valence-corrected chi connectivity index (χ1v) is 11.1. The average molecular weight is 475 g/mol. The zero-order valence-electron chi connectivity index (χ0n) is 18.9. The predicted molar refractivity (Wildman–Crippen MR) is 126 cm³/mol. The number of methoxy groups -OCH3 is 1. The summed E-state index contributed by atoms with van der Waals surface area (Å²) in [6, 6.07) is 12.4. The van der Waals surface area contributed by atoms with E-state index < -0.39 is 17.8 Å². The second-order valence-electron chi connectivity index (χ2n) is 8.02. The normalized spacial score (nSPS) is 15.5. The van der Waals surface area contributed by atoms with Gasteiger partial charge in [-0.3, -0.25) is 4.79 Å². The van der Waals surface area contributed by atoms with Crippen LogP contribution in [0.2, 0.25) is 5.02 Å². The van der Waals surface area contributed by atoms with Crippen LogP contribution in [0.3, 0.4) is 0 Å². The van der Waals surface area contributed by atoms with Crippen LogP contribution in [0.5, 0.6) is 0 Å². The number of halogens is 2. The van der Waals surface area contributed by atoms with Gasteiger partial charge >= 0.3 is 6.03 Å².